The summed E-state index contributed by atoms with van der Waals surface area (Å²) in [5.41, 5.74) is 2.23. The SMILES string of the molecule is CCC(CC)C(=O)Nc1nnc(-c2ccc(C)cc2)s1. The molecule has 5 heteroatoms. The molecule has 0 saturated heterocycles. The zero-order chi connectivity index (χ0) is 14.5. The van der Waals surface area contributed by atoms with Crippen LogP contribution in [0, 0.1) is 12.8 Å². The standard InChI is InChI=1S/C15H19N3OS/c1-4-11(5-2)13(19)16-15-18-17-14(20-15)12-8-6-10(3)7-9-12/h6-9,11H,4-5H2,1-3H3,(H,16,18,19). The molecule has 106 valence electrons. The molecule has 2 aromatic rings. The van der Waals surface area contributed by atoms with Crippen LogP contribution in [-0.4, -0.2) is 16.1 Å². The molecule has 20 heavy (non-hydrogen) atoms. The van der Waals surface area contributed by atoms with E-state index in [1.54, 1.807) is 0 Å². The zero-order valence-corrected chi connectivity index (χ0v) is 12.8. The Hall–Kier alpha value is -1.75. The number of nitrogens with one attached hydrogen (secondary N) is 1. The number of anilines is 1. The van der Waals surface area contributed by atoms with Crippen LogP contribution in [0.1, 0.15) is 32.3 Å². The highest BCUT2D eigenvalue weighted by Crippen LogP contribution is 2.27. The van der Waals surface area contributed by atoms with Crippen LogP contribution in [0.25, 0.3) is 10.6 Å². The van der Waals surface area contributed by atoms with Crippen molar-refractivity contribution in [2.24, 2.45) is 5.92 Å². The molecule has 0 spiro atoms. The maximum atomic E-state index is 12.0. The molecule has 0 bridgehead atoms. The molecule has 0 saturated carbocycles. The van der Waals surface area contributed by atoms with E-state index in [1.807, 2.05) is 45.0 Å². The summed E-state index contributed by atoms with van der Waals surface area (Å²) in [5, 5.41) is 12.4. The van der Waals surface area contributed by atoms with Gasteiger partial charge in [0.25, 0.3) is 0 Å². The second-order valence-electron chi connectivity index (χ2n) is 4.78. The first-order valence-electron chi connectivity index (χ1n) is 6.85. The summed E-state index contributed by atoms with van der Waals surface area (Å²) < 4.78 is 0. The molecule has 2 rings (SSSR count). The molecular formula is C15H19N3OS. The van der Waals surface area contributed by atoms with Crippen LogP contribution < -0.4 is 5.32 Å². The van der Waals surface area contributed by atoms with Crippen LogP contribution >= 0.6 is 11.3 Å². The number of hydrogen-bond donors (Lipinski definition) is 1. The average Bonchev–Trinajstić information content (AvgIpc) is 2.89. The summed E-state index contributed by atoms with van der Waals surface area (Å²) >= 11 is 1.40. The van der Waals surface area contributed by atoms with Crippen molar-refractivity contribution in [3.8, 4) is 10.6 Å². The van der Waals surface area contributed by atoms with Gasteiger partial charge < -0.3 is 5.32 Å². The maximum absolute atomic E-state index is 12.0. The number of carbonyl (C=O) groups is 1. The van der Waals surface area contributed by atoms with Gasteiger partial charge in [-0.05, 0) is 19.8 Å². The van der Waals surface area contributed by atoms with Gasteiger partial charge in [0.1, 0.15) is 5.01 Å². The van der Waals surface area contributed by atoms with Gasteiger partial charge in [0, 0.05) is 11.5 Å². The van der Waals surface area contributed by atoms with Gasteiger partial charge >= 0.3 is 0 Å². The van der Waals surface area contributed by atoms with Crippen molar-refractivity contribution >= 4 is 22.4 Å². The topological polar surface area (TPSA) is 54.9 Å². The highest BCUT2D eigenvalue weighted by molar-refractivity contribution is 7.18. The minimum Gasteiger partial charge on any atom is -0.300 e. The Balaban J connectivity index is 2.09. The van der Waals surface area contributed by atoms with Crippen molar-refractivity contribution in [2.45, 2.75) is 33.6 Å². The Morgan fingerprint density at radius 2 is 1.85 bits per heavy atom. The molecule has 0 aliphatic rings. The predicted molar refractivity (Wildman–Crippen MR) is 82.8 cm³/mol. The summed E-state index contributed by atoms with van der Waals surface area (Å²) in [7, 11) is 0. The van der Waals surface area contributed by atoms with E-state index >= 15 is 0 Å². The van der Waals surface area contributed by atoms with Crippen LogP contribution in [0.15, 0.2) is 24.3 Å². The Labute approximate surface area is 123 Å². The Bertz CT molecular complexity index is 573. The third kappa shape index (κ3) is 3.42. The number of carbonyl (C=O) groups excluding carboxylic acids is 1. The first-order valence-corrected chi connectivity index (χ1v) is 7.67. The quantitative estimate of drug-likeness (QED) is 0.908. The number of amides is 1. The molecule has 0 aliphatic carbocycles. The molecule has 1 aromatic carbocycles. The molecule has 1 N–H and O–H groups in total. The first kappa shape index (κ1) is 14.7. The zero-order valence-electron chi connectivity index (χ0n) is 12.0. The van der Waals surface area contributed by atoms with E-state index < -0.39 is 0 Å². The van der Waals surface area contributed by atoms with Gasteiger partial charge in [-0.1, -0.05) is 55.0 Å². The molecule has 0 unspecified atom stereocenters. The lowest BCUT2D eigenvalue weighted by molar-refractivity contribution is -0.120. The van der Waals surface area contributed by atoms with Gasteiger partial charge in [-0.2, -0.15) is 0 Å². The van der Waals surface area contributed by atoms with Gasteiger partial charge in [0.2, 0.25) is 11.0 Å². The lowest BCUT2D eigenvalue weighted by Gasteiger charge is -2.09. The highest BCUT2D eigenvalue weighted by Gasteiger charge is 2.16. The van der Waals surface area contributed by atoms with Crippen LogP contribution in [0.4, 0.5) is 5.13 Å². The second-order valence-corrected chi connectivity index (χ2v) is 5.76. The molecule has 0 radical (unpaired) electrons. The lowest BCUT2D eigenvalue weighted by atomic mass is 10.0. The predicted octanol–water partition coefficient (Wildman–Crippen LogP) is 3.89. The highest BCUT2D eigenvalue weighted by atomic mass is 32.1. The van der Waals surface area contributed by atoms with Crippen molar-refractivity contribution in [1.29, 1.82) is 0 Å². The fourth-order valence-electron chi connectivity index (χ4n) is 1.95. The monoisotopic (exact) mass is 289 g/mol. The number of rotatable bonds is 5. The largest absolute Gasteiger partial charge is 0.300 e. The van der Waals surface area contributed by atoms with Crippen LogP contribution in [-0.2, 0) is 4.79 Å². The maximum Gasteiger partial charge on any atom is 0.229 e. The number of benzene rings is 1. The number of aryl methyl sites for hydroxylation is 1. The van der Waals surface area contributed by atoms with E-state index in [0.717, 1.165) is 23.4 Å². The van der Waals surface area contributed by atoms with Gasteiger partial charge in [0.15, 0.2) is 0 Å². The van der Waals surface area contributed by atoms with Crippen molar-refractivity contribution in [3.05, 3.63) is 29.8 Å². The molecule has 0 fully saturated rings. The molecule has 1 amide bonds. The van der Waals surface area contributed by atoms with Crippen molar-refractivity contribution in [3.63, 3.8) is 0 Å². The van der Waals surface area contributed by atoms with E-state index in [1.165, 1.54) is 16.9 Å². The van der Waals surface area contributed by atoms with E-state index in [9.17, 15) is 4.79 Å². The minimum atomic E-state index is 0.0293. The number of nitrogens with zero attached hydrogens (tertiary/aromatic N) is 2. The Morgan fingerprint density at radius 1 is 1.20 bits per heavy atom. The molecule has 1 aromatic heterocycles. The second kappa shape index (κ2) is 6.61. The van der Waals surface area contributed by atoms with Gasteiger partial charge in [-0.25, -0.2) is 0 Å². The van der Waals surface area contributed by atoms with E-state index in [2.05, 4.69) is 15.5 Å². The van der Waals surface area contributed by atoms with Crippen molar-refractivity contribution < 1.29 is 4.79 Å². The summed E-state index contributed by atoms with van der Waals surface area (Å²) in [6.07, 6.45) is 1.68. The lowest BCUT2D eigenvalue weighted by Crippen LogP contribution is -2.21. The van der Waals surface area contributed by atoms with E-state index in [-0.39, 0.29) is 11.8 Å². The fourth-order valence-corrected chi connectivity index (χ4v) is 2.71. The molecule has 0 atom stereocenters. The molecule has 0 aliphatic heterocycles. The Kier molecular flexibility index (Phi) is 4.84. The molecule has 4 nitrogen and oxygen atoms in total. The van der Waals surface area contributed by atoms with Gasteiger partial charge in [-0.3, -0.25) is 4.79 Å². The van der Waals surface area contributed by atoms with Crippen LogP contribution in [0.3, 0.4) is 0 Å². The Morgan fingerprint density at radius 3 is 2.45 bits per heavy atom. The third-order valence-electron chi connectivity index (χ3n) is 3.31. The third-order valence-corrected chi connectivity index (χ3v) is 4.20. The summed E-state index contributed by atoms with van der Waals surface area (Å²) in [5.74, 6) is 0.0725. The van der Waals surface area contributed by atoms with Gasteiger partial charge in [-0.15, -0.1) is 10.2 Å². The van der Waals surface area contributed by atoms with Crippen LogP contribution in [0.2, 0.25) is 0 Å². The van der Waals surface area contributed by atoms with Crippen molar-refractivity contribution in [2.75, 3.05) is 5.32 Å². The molecular weight excluding hydrogens is 270 g/mol. The summed E-state index contributed by atoms with van der Waals surface area (Å²) in [6, 6.07) is 8.11. The minimum absolute atomic E-state index is 0.0293. The summed E-state index contributed by atoms with van der Waals surface area (Å²) in [4.78, 5) is 12.0. The number of aromatic nitrogens is 2. The summed E-state index contributed by atoms with van der Waals surface area (Å²) in [6.45, 7) is 6.09. The first-order chi connectivity index (χ1) is 9.63. The van der Waals surface area contributed by atoms with E-state index in [4.69, 9.17) is 0 Å². The van der Waals surface area contributed by atoms with Crippen molar-refractivity contribution in [1.82, 2.24) is 10.2 Å². The fraction of sp³-hybridized carbons (Fsp3) is 0.400. The normalized spacial score (nSPS) is 10.8. The molecule has 1 heterocycles. The smallest absolute Gasteiger partial charge is 0.229 e. The van der Waals surface area contributed by atoms with Crippen LogP contribution in [0.5, 0.6) is 0 Å². The van der Waals surface area contributed by atoms with Gasteiger partial charge in [0.05, 0.1) is 0 Å². The average molecular weight is 289 g/mol. The van der Waals surface area contributed by atoms with E-state index in [0.29, 0.717) is 5.13 Å². The number of hydrogen-bond acceptors (Lipinski definition) is 4.